The van der Waals surface area contributed by atoms with Gasteiger partial charge in [-0.3, -0.25) is 0 Å². The van der Waals surface area contributed by atoms with Gasteiger partial charge >= 0.3 is 12.1 Å². The van der Waals surface area contributed by atoms with E-state index < -0.39 is 23.3 Å². The van der Waals surface area contributed by atoms with Crippen molar-refractivity contribution in [3.8, 4) is 17.2 Å². The molecule has 0 unspecified atom stereocenters. The van der Waals surface area contributed by atoms with Crippen LogP contribution in [0, 0.1) is 6.92 Å². The molecule has 3 aromatic carbocycles. The quantitative estimate of drug-likeness (QED) is 0.339. The van der Waals surface area contributed by atoms with Crippen LogP contribution in [0.1, 0.15) is 30.5 Å². The van der Waals surface area contributed by atoms with E-state index in [1.54, 1.807) is 31.3 Å². The molecule has 4 rings (SSSR count). The summed E-state index contributed by atoms with van der Waals surface area (Å²) in [7, 11) is 0. The smallest absolute Gasteiger partial charge is 0.416 e. The van der Waals surface area contributed by atoms with Crippen molar-refractivity contribution in [1.29, 1.82) is 0 Å². The molecule has 35 heavy (non-hydrogen) atoms. The number of halogens is 3. The first-order chi connectivity index (χ1) is 16.4. The lowest BCUT2D eigenvalue weighted by Crippen LogP contribution is -2.38. The Morgan fingerprint density at radius 3 is 2.37 bits per heavy atom. The number of fused-ring (bicyclic) bond motifs is 1. The minimum atomic E-state index is -4.39. The number of nitrogens with zero attached hydrogens (tertiary/aromatic N) is 2. The van der Waals surface area contributed by atoms with Gasteiger partial charge in [0.2, 0.25) is 0 Å². The molecule has 0 radical (unpaired) electrons. The third-order valence-electron chi connectivity index (χ3n) is 5.46. The average molecular weight is 484 g/mol. The molecular formula is C26H23F3N2O4. The van der Waals surface area contributed by atoms with Crippen LogP contribution in [-0.4, -0.2) is 26.5 Å². The monoisotopic (exact) mass is 484 g/mol. The first-order valence-electron chi connectivity index (χ1n) is 10.7. The lowest BCUT2D eigenvalue weighted by atomic mass is 10.1. The summed E-state index contributed by atoms with van der Waals surface area (Å²) in [6.07, 6.45) is -2.63. The molecule has 0 aliphatic heterocycles. The largest absolute Gasteiger partial charge is 0.489 e. The van der Waals surface area contributed by atoms with Gasteiger partial charge < -0.3 is 14.6 Å². The molecule has 4 aromatic rings. The highest BCUT2D eigenvalue weighted by Gasteiger charge is 2.30. The zero-order valence-corrected chi connectivity index (χ0v) is 19.3. The molecule has 6 nitrogen and oxygen atoms in total. The second kappa shape index (κ2) is 8.98. The Bertz CT molecular complexity index is 1380. The summed E-state index contributed by atoms with van der Waals surface area (Å²) >= 11 is 0. The Hall–Kier alpha value is -4.01. The number of carboxylic acid groups (broad SMARTS) is 1. The summed E-state index contributed by atoms with van der Waals surface area (Å²) in [5.74, 6) is -0.00767. The van der Waals surface area contributed by atoms with Crippen LogP contribution < -0.4 is 9.47 Å². The first kappa shape index (κ1) is 24.1. The molecule has 0 saturated carbocycles. The van der Waals surface area contributed by atoms with Crippen molar-refractivity contribution < 1.29 is 32.5 Å². The van der Waals surface area contributed by atoms with Crippen molar-refractivity contribution in [2.75, 3.05) is 0 Å². The first-order valence-corrected chi connectivity index (χ1v) is 10.7. The number of benzene rings is 3. The Morgan fingerprint density at radius 2 is 1.74 bits per heavy atom. The molecule has 1 N–H and O–H groups in total. The van der Waals surface area contributed by atoms with Crippen molar-refractivity contribution in [3.05, 3.63) is 83.6 Å². The number of hydrogen-bond acceptors (Lipinski definition) is 4. The molecule has 0 spiro atoms. The van der Waals surface area contributed by atoms with Crippen LogP contribution in [0.5, 0.6) is 11.5 Å². The molecule has 0 bridgehead atoms. The predicted molar refractivity (Wildman–Crippen MR) is 124 cm³/mol. The van der Waals surface area contributed by atoms with Crippen LogP contribution in [0.4, 0.5) is 13.2 Å². The Balaban J connectivity index is 1.46. The molecule has 1 heterocycles. The van der Waals surface area contributed by atoms with E-state index in [1.807, 2.05) is 18.2 Å². The molecule has 9 heteroatoms. The average Bonchev–Trinajstić information content (AvgIpc) is 3.22. The number of rotatable bonds is 7. The minimum Gasteiger partial charge on any atom is -0.489 e. The van der Waals surface area contributed by atoms with Crippen molar-refractivity contribution in [3.63, 3.8) is 0 Å². The fourth-order valence-electron chi connectivity index (χ4n) is 3.40. The fourth-order valence-corrected chi connectivity index (χ4v) is 3.40. The second-order valence-electron chi connectivity index (χ2n) is 8.64. The van der Waals surface area contributed by atoms with Gasteiger partial charge in [-0.15, -0.1) is 0 Å². The van der Waals surface area contributed by atoms with Crippen molar-refractivity contribution >= 4 is 16.9 Å². The van der Waals surface area contributed by atoms with Gasteiger partial charge in [0.25, 0.3) is 0 Å². The topological polar surface area (TPSA) is 73.6 Å². The number of carbonyl (C=O) groups is 1. The fraction of sp³-hybridized carbons (Fsp3) is 0.231. The number of aliphatic carboxylic acids is 1. The minimum absolute atomic E-state index is 0.267. The lowest BCUT2D eigenvalue weighted by molar-refractivity contribution is -0.152. The molecule has 0 aliphatic rings. The van der Waals surface area contributed by atoms with Gasteiger partial charge in [0.05, 0.1) is 16.8 Å². The maximum absolute atomic E-state index is 12.8. The van der Waals surface area contributed by atoms with Crippen LogP contribution in [0.2, 0.25) is 0 Å². The second-order valence-corrected chi connectivity index (χ2v) is 8.64. The van der Waals surface area contributed by atoms with Gasteiger partial charge in [-0.05, 0) is 80.4 Å². The highest BCUT2D eigenvalue weighted by molar-refractivity contribution is 5.79. The summed E-state index contributed by atoms with van der Waals surface area (Å²) < 4.78 is 51.4. The molecule has 1 aromatic heterocycles. The molecule has 0 saturated heterocycles. The molecule has 0 fully saturated rings. The van der Waals surface area contributed by atoms with Crippen LogP contribution in [-0.2, 0) is 17.6 Å². The molecule has 182 valence electrons. The zero-order valence-electron chi connectivity index (χ0n) is 19.3. The number of aromatic nitrogens is 2. The van der Waals surface area contributed by atoms with E-state index in [0.29, 0.717) is 22.7 Å². The summed E-state index contributed by atoms with van der Waals surface area (Å²) in [5.41, 5.74) is 0.741. The molecule has 0 atom stereocenters. The maximum Gasteiger partial charge on any atom is 0.416 e. The van der Waals surface area contributed by atoms with Gasteiger partial charge in [-0.25, -0.2) is 9.48 Å². The van der Waals surface area contributed by atoms with Gasteiger partial charge in [-0.1, -0.05) is 12.1 Å². The molecule has 0 amide bonds. The standard InChI is InChI=1S/C26H23F3N2O4/c1-16-12-21(10-11-23(16)35-25(2,3)24(32)33)34-15-17-4-5-18-14-31(30-22(18)13-17)20-8-6-19(7-9-20)26(27,28)29/h4-14H,15H2,1-3H3,(H,32,33). The summed E-state index contributed by atoms with van der Waals surface area (Å²) in [6, 6.07) is 15.6. The number of hydrogen-bond donors (Lipinski definition) is 1. The van der Waals surface area contributed by atoms with E-state index in [4.69, 9.17) is 9.47 Å². The van der Waals surface area contributed by atoms with Crippen molar-refractivity contribution in [2.24, 2.45) is 0 Å². The maximum atomic E-state index is 12.8. The van der Waals surface area contributed by atoms with Gasteiger partial charge in [-0.2, -0.15) is 18.3 Å². The van der Waals surface area contributed by atoms with Gasteiger partial charge in [0.1, 0.15) is 18.1 Å². The lowest BCUT2D eigenvalue weighted by Gasteiger charge is -2.23. The highest BCUT2D eigenvalue weighted by Crippen LogP contribution is 2.30. The Morgan fingerprint density at radius 1 is 1.03 bits per heavy atom. The third kappa shape index (κ3) is 5.40. The number of aryl methyl sites for hydroxylation is 1. The van der Waals surface area contributed by atoms with E-state index in [-0.39, 0.29) is 6.61 Å². The molecular weight excluding hydrogens is 461 g/mol. The van der Waals surface area contributed by atoms with Crippen molar-refractivity contribution in [1.82, 2.24) is 9.78 Å². The van der Waals surface area contributed by atoms with E-state index in [9.17, 15) is 23.1 Å². The summed E-state index contributed by atoms with van der Waals surface area (Å²) in [6.45, 7) is 5.03. The van der Waals surface area contributed by atoms with Gasteiger partial charge in [0, 0.05) is 11.6 Å². The Kier molecular flexibility index (Phi) is 6.19. The van der Waals surface area contributed by atoms with Gasteiger partial charge in [0.15, 0.2) is 5.60 Å². The van der Waals surface area contributed by atoms with Crippen LogP contribution >= 0.6 is 0 Å². The highest BCUT2D eigenvalue weighted by atomic mass is 19.4. The molecule has 0 aliphatic carbocycles. The SMILES string of the molecule is Cc1cc(OCc2ccc3cn(-c4ccc(C(F)(F)F)cc4)nc3c2)ccc1OC(C)(C)C(=O)O. The van der Waals surface area contributed by atoms with E-state index in [0.717, 1.165) is 28.6 Å². The number of ether oxygens (including phenoxy) is 2. The van der Waals surface area contributed by atoms with E-state index in [1.165, 1.54) is 30.7 Å². The Labute approximate surface area is 199 Å². The third-order valence-corrected chi connectivity index (χ3v) is 5.46. The number of carboxylic acids is 1. The predicted octanol–water partition coefficient (Wildman–Crippen LogP) is 6.17. The van der Waals surface area contributed by atoms with Crippen molar-refractivity contribution in [2.45, 2.75) is 39.2 Å². The number of alkyl halides is 3. The van der Waals surface area contributed by atoms with Crippen LogP contribution in [0.15, 0.2) is 66.9 Å². The van der Waals surface area contributed by atoms with E-state index in [2.05, 4.69) is 5.10 Å². The van der Waals surface area contributed by atoms with E-state index >= 15 is 0 Å². The normalized spacial score (nSPS) is 12.1. The van der Waals surface area contributed by atoms with Crippen LogP contribution in [0.3, 0.4) is 0 Å². The summed E-state index contributed by atoms with van der Waals surface area (Å²) in [4.78, 5) is 11.3. The van der Waals surface area contributed by atoms with Crippen LogP contribution in [0.25, 0.3) is 16.6 Å². The summed E-state index contributed by atoms with van der Waals surface area (Å²) in [5, 5.41) is 14.6. The zero-order chi connectivity index (χ0) is 25.4.